The maximum Gasteiger partial charge on any atom is 0.253 e. The van der Waals surface area contributed by atoms with Crippen LogP contribution in [0.15, 0.2) is 28.7 Å². The highest BCUT2D eigenvalue weighted by atomic mass is 79.9. The van der Waals surface area contributed by atoms with Crippen LogP contribution in [0.25, 0.3) is 0 Å². The van der Waals surface area contributed by atoms with Crippen LogP contribution in [0.3, 0.4) is 0 Å². The Morgan fingerprint density at radius 1 is 1.44 bits per heavy atom. The van der Waals surface area contributed by atoms with Crippen molar-refractivity contribution in [2.75, 3.05) is 26.8 Å². The van der Waals surface area contributed by atoms with Crippen LogP contribution >= 0.6 is 15.9 Å². The Labute approximate surface area is 117 Å². The largest absolute Gasteiger partial charge is 0.383 e. The topological polar surface area (TPSA) is 29.5 Å². The van der Waals surface area contributed by atoms with Crippen LogP contribution in [-0.2, 0) is 4.74 Å². The molecule has 0 fully saturated rings. The van der Waals surface area contributed by atoms with E-state index in [9.17, 15) is 4.79 Å². The lowest BCUT2D eigenvalue weighted by molar-refractivity contribution is 0.0672. The molecule has 100 valence electrons. The first-order chi connectivity index (χ1) is 8.54. The van der Waals surface area contributed by atoms with E-state index in [2.05, 4.69) is 29.8 Å². The van der Waals surface area contributed by atoms with Crippen LogP contribution in [0.2, 0.25) is 0 Å². The molecule has 0 aliphatic heterocycles. The molecule has 0 saturated carbocycles. The normalized spacial score (nSPS) is 10.7. The molecule has 0 heterocycles. The molecular formula is C14H20BrNO2. The zero-order valence-corrected chi connectivity index (χ0v) is 12.7. The number of halogens is 1. The minimum Gasteiger partial charge on any atom is -0.383 e. The summed E-state index contributed by atoms with van der Waals surface area (Å²) in [5.41, 5.74) is 0.709. The van der Waals surface area contributed by atoms with Crippen molar-refractivity contribution in [1.82, 2.24) is 4.90 Å². The second-order valence-corrected chi connectivity index (χ2v) is 5.56. The molecule has 0 aliphatic rings. The lowest BCUT2D eigenvalue weighted by Crippen LogP contribution is -2.36. The Morgan fingerprint density at radius 2 is 2.17 bits per heavy atom. The molecule has 3 nitrogen and oxygen atoms in total. The number of hydrogen-bond donors (Lipinski definition) is 0. The highest BCUT2D eigenvalue weighted by Gasteiger charge is 2.16. The Kier molecular flexibility index (Phi) is 6.36. The summed E-state index contributed by atoms with van der Waals surface area (Å²) in [6.45, 7) is 6.14. The molecule has 0 spiro atoms. The van der Waals surface area contributed by atoms with Crippen LogP contribution in [0, 0.1) is 5.92 Å². The maximum atomic E-state index is 12.4. The molecule has 0 N–H and O–H groups in total. The van der Waals surface area contributed by atoms with Gasteiger partial charge in [-0.2, -0.15) is 0 Å². The molecule has 0 radical (unpaired) electrons. The fraction of sp³-hybridized carbons (Fsp3) is 0.500. The van der Waals surface area contributed by atoms with Crippen molar-refractivity contribution in [3.05, 3.63) is 34.3 Å². The predicted octanol–water partition coefficient (Wildman–Crippen LogP) is 3.19. The molecule has 0 bridgehead atoms. The van der Waals surface area contributed by atoms with Crippen molar-refractivity contribution in [3.63, 3.8) is 0 Å². The number of hydrogen-bond acceptors (Lipinski definition) is 2. The molecule has 0 aromatic heterocycles. The summed E-state index contributed by atoms with van der Waals surface area (Å²) in [5, 5.41) is 0. The van der Waals surface area contributed by atoms with Gasteiger partial charge in [-0.25, -0.2) is 0 Å². The highest BCUT2D eigenvalue weighted by Crippen LogP contribution is 2.14. The van der Waals surface area contributed by atoms with E-state index in [0.717, 1.165) is 11.0 Å². The third kappa shape index (κ3) is 4.78. The zero-order valence-electron chi connectivity index (χ0n) is 11.1. The Balaban J connectivity index is 2.80. The first kappa shape index (κ1) is 15.2. The van der Waals surface area contributed by atoms with Crippen molar-refractivity contribution in [2.45, 2.75) is 13.8 Å². The molecule has 18 heavy (non-hydrogen) atoms. The Morgan fingerprint density at radius 3 is 2.72 bits per heavy atom. The van der Waals surface area contributed by atoms with Gasteiger partial charge in [0.05, 0.1) is 6.61 Å². The molecule has 0 saturated heterocycles. The first-order valence-corrected chi connectivity index (χ1v) is 6.87. The van der Waals surface area contributed by atoms with Crippen LogP contribution in [0.5, 0.6) is 0 Å². The molecule has 1 aromatic rings. The minimum absolute atomic E-state index is 0.0575. The molecule has 1 amide bonds. The number of rotatable bonds is 6. The van der Waals surface area contributed by atoms with E-state index in [1.807, 2.05) is 29.2 Å². The quantitative estimate of drug-likeness (QED) is 0.807. The molecule has 0 aliphatic carbocycles. The highest BCUT2D eigenvalue weighted by molar-refractivity contribution is 9.10. The number of carbonyl (C=O) groups is 1. The lowest BCUT2D eigenvalue weighted by Gasteiger charge is -2.24. The van der Waals surface area contributed by atoms with E-state index in [1.165, 1.54) is 0 Å². The van der Waals surface area contributed by atoms with Gasteiger partial charge in [0.2, 0.25) is 0 Å². The zero-order chi connectivity index (χ0) is 13.5. The van der Waals surface area contributed by atoms with Gasteiger partial charge >= 0.3 is 0 Å². The van der Waals surface area contributed by atoms with Gasteiger partial charge in [-0.1, -0.05) is 35.8 Å². The Hall–Kier alpha value is -0.870. The van der Waals surface area contributed by atoms with Crippen LogP contribution in [0.4, 0.5) is 0 Å². The summed E-state index contributed by atoms with van der Waals surface area (Å²) in [6.07, 6.45) is 0. The predicted molar refractivity (Wildman–Crippen MR) is 76.8 cm³/mol. The van der Waals surface area contributed by atoms with E-state index >= 15 is 0 Å². The monoisotopic (exact) mass is 313 g/mol. The smallest absolute Gasteiger partial charge is 0.253 e. The van der Waals surface area contributed by atoms with Crippen LogP contribution < -0.4 is 0 Å². The van der Waals surface area contributed by atoms with Crippen molar-refractivity contribution < 1.29 is 9.53 Å². The lowest BCUT2D eigenvalue weighted by atomic mass is 10.1. The summed E-state index contributed by atoms with van der Waals surface area (Å²) in [6, 6.07) is 7.48. The fourth-order valence-electron chi connectivity index (χ4n) is 1.72. The molecule has 1 rings (SSSR count). The van der Waals surface area contributed by atoms with Gasteiger partial charge < -0.3 is 9.64 Å². The molecule has 0 atom stereocenters. The van der Waals surface area contributed by atoms with Crippen molar-refractivity contribution in [3.8, 4) is 0 Å². The molecule has 0 unspecified atom stereocenters. The van der Waals surface area contributed by atoms with Gasteiger partial charge in [-0.15, -0.1) is 0 Å². The van der Waals surface area contributed by atoms with Gasteiger partial charge in [0.15, 0.2) is 0 Å². The second-order valence-electron chi connectivity index (χ2n) is 4.65. The van der Waals surface area contributed by atoms with E-state index < -0.39 is 0 Å². The van der Waals surface area contributed by atoms with Gasteiger partial charge in [-0.05, 0) is 24.1 Å². The summed E-state index contributed by atoms with van der Waals surface area (Å²) in [5.74, 6) is 0.500. The number of methoxy groups -OCH3 is 1. The third-order valence-corrected chi connectivity index (χ3v) is 3.00. The average Bonchev–Trinajstić information content (AvgIpc) is 2.33. The number of benzene rings is 1. The van der Waals surface area contributed by atoms with Gasteiger partial charge in [-0.3, -0.25) is 4.79 Å². The van der Waals surface area contributed by atoms with E-state index in [4.69, 9.17) is 4.74 Å². The second kappa shape index (κ2) is 7.54. The van der Waals surface area contributed by atoms with Crippen LogP contribution in [0.1, 0.15) is 24.2 Å². The van der Waals surface area contributed by atoms with Crippen molar-refractivity contribution in [2.24, 2.45) is 5.92 Å². The minimum atomic E-state index is 0.0575. The third-order valence-electron chi connectivity index (χ3n) is 2.51. The number of amides is 1. The molecule has 4 heteroatoms. The van der Waals surface area contributed by atoms with E-state index in [0.29, 0.717) is 24.6 Å². The number of nitrogens with zero attached hydrogens (tertiary/aromatic N) is 1. The summed E-state index contributed by atoms with van der Waals surface area (Å²) in [4.78, 5) is 14.2. The van der Waals surface area contributed by atoms with Gasteiger partial charge in [0, 0.05) is 30.2 Å². The average molecular weight is 314 g/mol. The van der Waals surface area contributed by atoms with E-state index in [1.54, 1.807) is 7.11 Å². The summed E-state index contributed by atoms with van der Waals surface area (Å²) in [7, 11) is 1.65. The maximum absolute atomic E-state index is 12.4. The Bertz CT molecular complexity index is 393. The summed E-state index contributed by atoms with van der Waals surface area (Å²) >= 11 is 3.39. The van der Waals surface area contributed by atoms with Crippen molar-refractivity contribution >= 4 is 21.8 Å². The first-order valence-electron chi connectivity index (χ1n) is 6.08. The fourth-order valence-corrected chi connectivity index (χ4v) is 2.12. The van der Waals surface area contributed by atoms with Crippen molar-refractivity contribution in [1.29, 1.82) is 0 Å². The van der Waals surface area contributed by atoms with Gasteiger partial charge in [0.1, 0.15) is 0 Å². The number of carbonyl (C=O) groups excluding carboxylic acids is 1. The van der Waals surface area contributed by atoms with Crippen LogP contribution in [-0.4, -0.2) is 37.6 Å². The standard InChI is InChI=1S/C14H20BrNO2/c1-11(2)10-16(7-8-18-3)14(17)12-5-4-6-13(15)9-12/h4-6,9,11H,7-8,10H2,1-3H3. The van der Waals surface area contributed by atoms with E-state index in [-0.39, 0.29) is 5.91 Å². The molecule has 1 aromatic carbocycles. The summed E-state index contributed by atoms with van der Waals surface area (Å²) < 4.78 is 5.98. The molecular weight excluding hydrogens is 294 g/mol. The number of ether oxygens (including phenoxy) is 1. The SMILES string of the molecule is COCCN(CC(C)C)C(=O)c1cccc(Br)c1. The van der Waals surface area contributed by atoms with Gasteiger partial charge in [0.25, 0.3) is 5.91 Å².